The van der Waals surface area contributed by atoms with Gasteiger partial charge in [-0.2, -0.15) is 0 Å². The van der Waals surface area contributed by atoms with Gasteiger partial charge in [0.25, 0.3) is 0 Å². The van der Waals surface area contributed by atoms with Crippen LogP contribution in [0.1, 0.15) is 5.56 Å². The van der Waals surface area contributed by atoms with Crippen molar-refractivity contribution >= 4 is 44.1 Å². The smallest absolute Gasteiger partial charge is 0.190 e. The van der Waals surface area contributed by atoms with E-state index in [2.05, 4.69) is 44.3 Å². The van der Waals surface area contributed by atoms with E-state index in [4.69, 9.17) is 4.98 Å². The van der Waals surface area contributed by atoms with Gasteiger partial charge < -0.3 is 15.1 Å². The number of rotatable bonds is 6. The van der Waals surface area contributed by atoms with Gasteiger partial charge in [0.2, 0.25) is 0 Å². The third kappa shape index (κ3) is 5.11. The van der Waals surface area contributed by atoms with Crippen LogP contribution in [0.15, 0.2) is 54.7 Å². The highest BCUT2D eigenvalue weighted by molar-refractivity contribution is 7.21. The number of pyridine rings is 2. The normalized spacial score (nSPS) is 15.1. The number of nitrogens with zero attached hydrogens (tertiary/aromatic N) is 6. The van der Waals surface area contributed by atoms with Crippen molar-refractivity contribution in [2.45, 2.75) is 6.54 Å². The molecule has 4 heterocycles. The number of benzene rings is 1. The highest BCUT2D eigenvalue weighted by Crippen LogP contribution is 2.30. The Morgan fingerprint density at radius 1 is 1.03 bits per heavy atom. The molecular formula is C24H26FN7S. The first-order chi connectivity index (χ1) is 16.0. The summed E-state index contributed by atoms with van der Waals surface area (Å²) in [5.74, 6) is 1.30. The van der Waals surface area contributed by atoms with Gasteiger partial charge in [-0.1, -0.05) is 11.3 Å². The van der Waals surface area contributed by atoms with Crippen molar-refractivity contribution < 1.29 is 4.39 Å². The number of nitrogens with one attached hydrogen (secondary N) is 1. The van der Waals surface area contributed by atoms with Crippen molar-refractivity contribution in [2.24, 2.45) is 0 Å². The molecule has 1 fully saturated rings. The van der Waals surface area contributed by atoms with Gasteiger partial charge in [0, 0.05) is 51.7 Å². The molecular weight excluding hydrogens is 437 g/mol. The molecule has 1 saturated heterocycles. The number of halogens is 1. The maximum Gasteiger partial charge on any atom is 0.190 e. The predicted octanol–water partition coefficient (Wildman–Crippen LogP) is 4.48. The summed E-state index contributed by atoms with van der Waals surface area (Å²) in [6.45, 7) is 5.30. The molecule has 3 aromatic heterocycles. The number of hydrogen-bond donors (Lipinski definition) is 1. The molecule has 1 aliphatic heterocycles. The summed E-state index contributed by atoms with van der Waals surface area (Å²) in [4.78, 5) is 21.5. The molecule has 5 rings (SSSR count). The molecule has 9 heteroatoms. The first-order valence-electron chi connectivity index (χ1n) is 10.9. The van der Waals surface area contributed by atoms with Crippen LogP contribution in [0.5, 0.6) is 0 Å². The van der Waals surface area contributed by atoms with Gasteiger partial charge in [-0.3, -0.25) is 4.90 Å². The maximum absolute atomic E-state index is 13.2. The summed E-state index contributed by atoms with van der Waals surface area (Å²) in [6, 6.07) is 14.4. The summed E-state index contributed by atoms with van der Waals surface area (Å²) in [6.07, 6.45) is 1.84. The standard InChI is InChI=1S/C24H26FN7S/c1-30-11-13-32(14-12-30)16-17-9-10-26-21(15-17)28-24-27-20-7-8-22(29-23(20)33-24)31(2)19-5-3-18(25)4-6-19/h3-10,15H,11-14,16H2,1-2H3,(H,26,27,28). The molecule has 1 aliphatic rings. The average Bonchev–Trinajstić information content (AvgIpc) is 3.22. The molecule has 4 aromatic rings. The SMILES string of the molecule is CN1CCN(Cc2ccnc(Nc3nc4ccc(N(C)c5ccc(F)cc5)nc4s3)c2)CC1. The zero-order valence-corrected chi connectivity index (χ0v) is 19.5. The minimum atomic E-state index is -0.255. The number of thiazole rings is 1. The Labute approximate surface area is 196 Å². The Morgan fingerprint density at radius 3 is 2.61 bits per heavy atom. The van der Waals surface area contributed by atoms with Crippen molar-refractivity contribution in [1.82, 2.24) is 24.8 Å². The highest BCUT2D eigenvalue weighted by atomic mass is 32.1. The van der Waals surface area contributed by atoms with Gasteiger partial charge in [-0.25, -0.2) is 19.3 Å². The summed E-state index contributed by atoms with van der Waals surface area (Å²) in [7, 11) is 4.08. The van der Waals surface area contributed by atoms with Crippen LogP contribution in [-0.4, -0.2) is 65.0 Å². The van der Waals surface area contributed by atoms with Crippen LogP contribution in [-0.2, 0) is 6.54 Å². The van der Waals surface area contributed by atoms with Crippen molar-refractivity contribution in [3.05, 3.63) is 66.1 Å². The predicted molar refractivity (Wildman–Crippen MR) is 132 cm³/mol. The summed E-state index contributed by atoms with van der Waals surface area (Å²) < 4.78 is 13.2. The highest BCUT2D eigenvalue weighted by Gasteiger charge is 2.15. The van der Waals surface area contributed by atoms with E-state index in [1.54, 1.807) is 12.1 Å². The fourth-order valence-corrected chi connectivity index (χ4v) is 4.70. The van der Waals surface area contributed by atoms with E-state index < -0.39 is 0 Å². The van der Waals surface area contributed by atoms with Crippen LogP contribution in [0.2, 0.25) is 0 Å². The first-order valence-corrected chi connectivity index (χ1v) is 11.7. The lowest BCUT2D eigenvalue weighted by molar-refractivity contribution is 0.148. The lowest BCUT2D eigenvalue weighted by Gasteiger charge is -2.32. The molecule has 0 bridgehead atoms. The first kappa shape index (κ1) is 21.7. The molecule has 0 saturated carbocycles. The third-order valence-electron chi connectivity index (χ3n) is 5.86. The Morgan fingerprint density at radius 2 is 1.82 bits per heavy atom. The molecule has 0 atom stereocenters. The number of fused-ring (bicyclic) bond motifs is 1. The monoisotopic (exact) mass is 463 g/mol. The second-order valence-corrected chi connectivity index (χ2v) is 9.28. The Bertz CT molecular complexity index is 1240. The van der Waals surface area contributed by atoms with Crippen LogP contribution in [0.3, 0.4) is 0 Å². The van der Waals surface area contributed by atoms with E-state index in [1.807, 2.05) is 30.3 Å². The Hall–Kier alpha value is -3.14. The summed E-state index contributed by atoms with van der Waals surface area (Å²) >= 11 is 1.49. The van der Waals surface area contributed by atoms with E-state index in [1.165, 1.54) is 29.0 Å². The molecule has 1 aromatic carbocycles. The molecule has 0 unspecified atom stereocenters. The molecule has 0 spiro atoms. The van der Waals surface area contributed by atoms with Crippen molar-refractivity contribution in [3.8, 4) is 0 Å². The van der Waals surface area contributed by atoms with E-state index in [-0.39, 0.29) is 5.82 Å². The summed E-state index contributed by atoms with van der Waals surface area (Å²) in [5.41, 5.74) is 2.93. The number of piperazine rings is 1. The topological polar surface area (TPSA) is 60.4 Å². The van der Waals surface area contributed by atoms with E-state index in [9.17, 15) is 4.39 Å². The number of aromatic nitrogens is 3. The zero-order chi connectivity index (χ0) is 22.8. The number of anilines is 4. The molecule has 7 nitrogen and oxygen atoms in total. The lowest BCUT2D eigenvalue weighted by Crippen LogP contribution is -2.43. The van der Waals surface area contributed by atoms with Crippen LogP contribution in [0, 0.1) is 5.82 Å². The fourth-order valence-electron chi connectivity index (χ4n) is 3.86. The molecule has 1 N–H and O–H groups in total. The van der Waals surface area contributed by atoms with Crippen LogP contribution in [0.25, 0.3) is 10.3 Å². The number of hydrogen-bond acceptors (Lipinski definition) is 8. The van der Waals surface area contributed by atoms with Crippen molar-refractivity contribution in [3.63, 3.8) is 0 Å². The molecule has 170 valence electrons. The van der Waals surface area contributed by atoms with Gasteiger partial charge in [0.15, 0.2) is 5.13 Å². The van der Waals surface area contributed by atoms with E-state index in [0.717, 1.165) is 65.5 Å². The maximum atomic E-state index is 13.2. The average molecular weight is 464 g/mol. The number of likely N-dealkylation sites (N-methyl/N-ethyl adjacent to an activating group) is 1. The van der Waals surface area contributed by atoms with Gasteiger partial charge in [-0.15, -0.1) is 0 Å². The quantitative estimate of drug-likeness (QED) is 0.452. The van der Waals surface area contributed by atoms with Crippen LogP contribution < -0.4 is 10.2 Å². The molecule has 0 amide bonds. The molecule has 0 aliphatic carbocycles. The second-order valence-electron chi connectivity index (χ2n) is 8.30. The van der Waals surface area contributed by atoms with Gasteiger partial charge in [-0.05, 0) is 61.1 Å². The van der Waals surface area contributed by atoms with Gasteiger partial charge in [0.05, 0.1) is 0 Å². The van der Waals surface area contributed by atoms with Crippen LogP contribution in [0.4, 0.5) is 26.8 Å². The Kier molecular flexibility index (Phi) is 6.17. The van der Waals surface area contributed by atoms with Crippen molar-refractivity contribution in [2.75, 3.05) is 50.5 Å². The van der Waals surface area contributed by atoms with Crippen LogP contribution >= 0.6 is 11.3 Å². The van der Waals surface area contributed by atoms with E-state index >= 15 is 0 Å². The van der Waals surface area contributed by atoms with Crippen molar-refractivity contribution in [1.29, 1.82) is 0 Å². The minimum absolute atomic E-state index is 0.255. The van der Waals surface area contributed by atoms with E-state index in [0.29, 0.717) is 0 Å². The minimum Gasteiger partial charge on any atom is -0.329 e. The third-order valence-corrected chi connectivity index (χ3v) is 6.74. The zero-order valence-electron chi connectivity index (χ0n) is 18.7. The Balaban J connectivity index is 1.30. The molecule has 0 radical (unpaired) electrons. The summed E-state index contributed by atoms with van der Waals surface area (Å²) in [5, 5.41) is 4.09. The fraction of sp³-hybridized carbons (Fsp3) is 0.292. The van der Waals surface area contributed by atoms with Gasteiger partial charge in [0.1, 0.15) is 27.8 Å². The second kappa shape index (κ2) is 9.38. The molecule has 33 heavy (non-hydrogen) atoms. The largest absolute Gasteiger partial charge is 0.329 e. The lowest BCUT2D eigenvalue weighted by atomic mass is 10.2. The van der Waals surface area contributed by atoms with Gasteiger partial charge >= 0.3 is 0 Å².